The number of furan rings is 1. The third-order valence-corrected chi connectivity index (χ3v) is 2.95. The second kappa shape index (κ2) is 10.2. The number of rotatable bonds is 11. The average Bonchev–Trinajstić information content (AvgIpc) is 2.81. The Morgan fingerprint density at radius 1 is 1.06 bits per heavy atom. The van der Waals surface area contributed by atoms with Crippen molar-refractivity contribution in [2.75, 3.05) is 13.7 Å². The van der Waals surface area contributed by atoms with Crippen LogP contribution in [0.25, 0.3) is 0 Å². The van der Waals surface area contributed by atoms with Crippen molar-refractivity contribution in [2.45, 2.75) is 58.6 Å². The first-order valence-corrected chi connectivity index (χ1v) is 7.16. The van der Waals surface area contributed by atoms with E-state index in [0.717, 1.165) is 31.1 Å². The molecule has 0 radical (unpaired) electrons. The summed E-state index contributed by atoms with van der Waals surface area (Å²) in [6, 6.07) is 3.99. The Kier molecular flexibility index (Phi) is 8.61. The van der Waals surface area contributed by atoms with Crippen LogP contribution in [0, 0.1) is 0 Å². The van der Waals surface area contributed by atoms with Crippen LogP contribution >= 0.6 is 0 Å². The first-order chi connectivity index (χ1) is 8.86. The van der Waals surface area contributed by atoms with Gasteiger partial charge < -0.3 is 14.5 Å². The minimum absolute atomic E-state index is 0.596. The lowest BCUT2D eigenvalue weighted by molar-refractivity contribution is 0.101. The molecule has 3 heteroatoms. The Labute approximate surface area is 111 Å². The van der Waals surface area contributed by atoms with Gasteiger partial charge in [0.2, 0.25) is 0 Å². The monoisotopic (exact) mass is 253 g/mol. The maximum atomic E-state index is 5.60. The number of nitrogens with one attached hydrogen (secondary N) is 1. The second-order valence-corrected chi connectivity index (χ2v) is 4.72. The predicted octanol–water partition coefficient (Wildman–Crippen LogP) is 3.88. The average molecular weight is 253 g/mol. The highest BCUT2D eigenvalue weighted by Crippen LogP contribution is 2.10. The van der Waals surface area contributed by atoms with Gasteiger partial charge in [0, 0.05) is 6.61 Å². The lowest BCUT2D eigenvalue weighted by Gasteiger charge is -2.02. The van der Waals surface area contributed by atoms with E-state index in [1.165, 1.54) is 32.1 Å². The minimum atomic E-state index is 0.596. The topological polar surface area (TPSA) is 34.4 Å². The molecule has 0 fully saturated rings. The Morgan fingerprint density at radius 3 is 2.56 bits per heavy atom. The normalized spacial score (nSPS) is 11.0. The minimum Gasteiger partial charge on any atom is -0.462 e. The summed E-state index contributed by atoms with van der Waals surface area (Å²) in [5.74, 6) is 1.89. The van der Waals surface area contributed by atoms with Gasteiger partial charge in [-0.1, -0.05) is 39.0 Å². The predicted molar refractivity (Wildman–Crippen MR) is 74.5 cm³/mol. The summed E-state index contributed by atoms with van der Waals surface area (Å²) in [6.45, 7) is 4.46. The maximum Gasteiger partial charge on any atom is 0.129 e. The molecule has 1 aromatic heterocycles. The fraction of sp³-hybridized carbons (Fsp3) is 0.733. The molecule has 0 aliphatic heterocycles. The third kappa shape index (κ3) is 6.82. The van der Waals surface area contributed by atoms with Gasteiger partial charge in [0.25, 0.3) is 0 Å². The zero-order chi connectivity index (χ0) is 13.1. The fourth-order valence-electron chi connectivity index (χ4n) is 1.93. The van der Waals surface area contributed by atoms with Crippen molar-refractivity contribution in [3.8, 4) is 0 Å². The van der Waals surface area contributed by atoms with Crippen LogP contribution in [-0.4, -0.2) is 13.7 Å². The summed E-state index contributed by atoms with van der Waals surface area (Å²) in [4.78, 5) is 0. The molecule has 0 aliphatic rings. The molecule has 1 N–H and O–H groups in total. The Morgan fingerprint density at radius 2 is 1.78 bits per heavy atom. The van der Waals surface area contributed by atoms with Crippen LogP contribution in [0.2, 0.25) is 0 Å². The number of hydrogen-bond donors (Lipinski definition) is 1. The van der Waals surface area contributed by atoms with Crippen LogP contribution < -0.4 is 5.32 Å². The van der Waals surface area contributed by atoms with Gasteiger partial charge in [0.05, 0.1) is 6.54 Å². The molecule has 0 saturated heterocycles. The first kappa shape index (κ1) is 15.3. The van der Waals surface area contributed by atoms with Crippen LogP contribution in [0.15, 0.2) is 16.5 Å². The molecule has 1 aromatic rings. The van der Waals surface area contributed by atoms with Crippen molar-refractivity contribution < 1.29 is 9.15 Å². The van der Waals surface area contributed by atoms with E-state index in [-0.39, 0.29) is 0 Å². The zero-order valence-corrected chi connectivity index (χ0v) is 11.8. The SMILES string of the molecule is CCCCCCCCOCc1ccc(CNC)o1. The van der Waals surface area contributed by atoms with Gasteiger partial charge in [-0.2, -0.15) is 0 Å². The Balaban J connectivity index is 1.96. The smallest absolute Gasteiger partial charge is 0.129 e. The molecule has 0 atom stereocenters. The summed E-state index contributed by atoms with van der Waals surface area (Å²) < 4.78 is 11.2. The molecule has 0 aliphatic carbocycles. The molecular formula is C15H27NO2. The number of ether oxygens (including phenoxy) is 1. The third-order valence-electron chi connectivity index (χ3n) is 2.95. The van der Waals surface area contributed by atoms with Crippen molar-refractivity contribution in [3.05, 3.63) is 23.7 Å². The Bertz CT molecular complexity index is 296. The first-order valence-electron chi connectivity index (χ1n) is 7.16. The van der Waals surface area contributed by atoms with Gasteiger partial charge in [-0.15, -0.1) is 0 Å². The summed E-state index contributed by atoms with van der Waals surface area (Å²) in [5.41, 5.74) is 0. The standard InChI is InChI=1S/C15H27NO2/c1-3-4-5-6-7-8-11-17-13-15-10-9-14(18-15)12-16-2/h9-10,16H,3-8,11-13H2,1-2H3. The molecule has 0 saturated carbocycles. The van der Waals surface area contributed by atoms with Gasteiger partial charge in [0.1, 0.15) is 18.1 Å². The molecule has 0 unspecified atom stereocenters. The molecule has 1 heterocycles. The van der Waals surface area contributed by atoms with Crippen molar-refractivity contribution in [3.63, 3.8) is 0 Å². The van der Waals surface area contributed by atoms with Crippen molar-refractivity contribution in [1.82, 2.24) is 5.32 Å². The largest absolute Gasteiger partial charge is 0.462 e. The highest BCUT2D eigenvalue weighted by molar-refractivity contribution is 5.06. The van der Waals surface area contributed by atoms with E-state index in [1.54, 1.807) is 0 Å². The second-order valence-electron chi connectivity index (χ2n) is 4.72. The molecule has 104 valence electrons. The molecule has 18 heavy (non-hydrogen) atoms. The number of unbranched alkanes of at least 4 members (excludes halogenated alkanes) is 5. The number of hydrogen-bond acceptors (Lipinski definition) is 3. The molecular weight excluding hydrogens is 226 g/mol. The molecule has 0 aromatic carbocycles. The van der Waals surface area contributed by atoms with Crippen LogP contribution in [0.3, 0.4) is 0 Å². The fourth-order valence-corrected chi connectivity index (χ4v) is 1.93. The van der Waals surface area contributed by atoms with E-state index in [9.17, 15) is 0 Å². The van der Waals surface area contributed by atoms with E-state index in [0.29, 0.717) is 6.61 Å². The lowest BCUT2D eigenvalue weighted by Crippen LogP contribution is -2.03. The van der Waals surface area contributed by atoms with Gasteiger partial charge >= 0.3 is 0 Å². The summed E-state index contributed by atoms with van der Waals surface area (Å²) in [5, 5.41) is 3.06. The van der Waals surface area contributed by atoms with Crippen LogP contribution in [0.4, 0.5) is 0 Å². The van der Waals surface area contributed by atoms with Crippen LogP contribution in [0.1, 0.15) is 57.0 Å². The molecule has 0 bridgehead atoms. The molecule has 3 nitrogen and oxygen atoms in total. The van der Waals surface area contributed by atoms with Crippen molar-refractivity contribution >= 4 is 0 Å². The lowest BCUT2D eigenvalue weighted by atomic mass is 10.1. The highest BCUT2D eigenvalue weighted by atomic mass is 16.5. The van der Waals surface area contributed by atoms with Gasteiger partial charge in [0.15, 0.2) is 0 Å². The molecule has 0 spiro atoms. The summed E-state index contributed by atoms with van der Waals surface area (Å²) in [7, 11) is 1.91. The van der Waals surface area contributed by atoms with Crippen LogP contribution in [0.5, 0.6) is 0 Å². The van der Waals surface area contributed by atoms with E-state index < -0.39 is 0 Å². The van der Waals surface area contributed by atoms with Gasteiger partial charge in [-0.25, -0.2) is 0 Å². The molecule has 0 amide bonds. The van der Waals surface area contributed by atoms with E-state index in [1.807, 2.05) is 19.2 Å². The van der Waals surface area contributed by atoms with E-state index in [2.05, 4.69) is 12.2 Å². The highest BCUT2D eigenvalue weighted by Gasteiger charge is 2.01. The zero-order valence-electron chi connectivity index (χ0n) is 11.8. The van der Waals surface area contributed by atoms with Crippen molar-refractivity contribution in [2.24, 2.45) is 0 Å². The summed E-state index contributed by atoms with van der Waals surface area (Å²) >= 11 is 0. The maximum absolute atomic E-state index is 5.60. The van der Waals surface area contributed by atoms with E-state index in [4.69, 9.17) is 9.15 Å². The molecule has 1 rings (SSSR count). The van der Waals surface area contributed by atoms with Gasteiger partial charge in [-0.3, -0.25) is 0 Å². The van der Waals surface area contributed by atoms with Crippen molar-refractivity contribution in [1.29, 1.82) is 0 Å². The quantitative estimate of drug-likeness (QED) is 0.608. The van der Waals surface area contributed by atoms with Crippen LogP contribution in [-0.2, 0) is 17.9 Å². The summed E-state index contributed by atoms with van der Waals surface area (Å²) in [6.07, 6.45) is 7.81. The Hall–Kier alpha value is -0.800. The van der Waals surface area contributed by atoms with Gasteiger partial charge in [-0.05, 0) is 25.6 Å². The van der Waals surface area contributed by atoms with E-state index >= 15 is 0 Å².